The molecule has 1 aromatic carbocycles. The Bertz CT molecular complexity index is 1040. The van der Waals surface area contributed by atoms with E-state index in [2.05, 4.69) is 11.3 Å². The molecular weight excluding hydrogens is 390 g/mol. The average molecular weight is 409 g/mol. The molecule has 0 bridgehead atoms. The van der Waals surface area contributed by atoms with E-state index in [0.29, 0.717) is 11.3 Å². The quantitative estimate of drug-likeness (QED) is 0.577. The maximum Gasteiger partial charge on any atom is 0.338 e. The van der Waals surface area contributed by atoms with Crippen LogP contribution in [0.25, 0.3) is 0 Å². The third-order valence-electron chi connectivity index (χ3n) is 5.17. The van der Waals surface area contributed by atoms with E-state index in [1.54, 1.807) is 24.3 Å². The van der Waals surface area contributed by atoms with Gasteiger partial charge >= 0.3 is 11.9 Å². The van der Waals surface area contributed by atoms with Gasteiger partial charge in [-0.3, -0.25) is 15.0 Å². The summed E-state index contributed by atoms with van der Waals surface area (Å²) in [5, 5.41) is 18.2. The molecule has 9 heteroatoms. The van der Waals surface area contributed by atoms with Gasteiger partial charge in [-0.15, -0.1) is 6.58 Å². The number of benzene rings is 1. The monoisotopic (exact) mass is 409 g/mol. The number of rotatable bonds is 5. The number of carbonyl (C=O) groups excluding carboxylic acids is 3. The smallest absolute Gasteiger partial charge is 0.338 e. The fraction of sp³-hybridized carbons (Fsp3) is 0.286. The molecule has 1 amide bonds. The summed E-state index contributed by atoms with van der Waals surface area (Å²) in [7, 11) is 2.28. The van der Waals surface area contributed by atoms with E-state index in [9.17, 15) is 19.6 Å². The summed E-state index contributed by atoms with van der Waals surface area (Å²) in [6, 6.07) is 8.59. The number of carbonyl (C=O) groups is 3. The first-order valence-corrected chi connectivity index (χ1v) is 8.95. The first-order chi connectivity index (χ1) is 14.4. The molecule has 0 saturated heterocycles. The van der Waals surface area contributed by atoms with Gasteiger partial charge in [0, 0.05) is 12.2 Å². The average Bonchev–Trinajstić information content (AvgIpc) is 2.97. The zero-order valence-corrected chi connectivity index (χ0v) is 16.4. The molecule has 2 heterocycles. The summed E-state index contributed by atoms with van der Waals surface area (Å²) >= 11 is 0. The van der Waals surface area contributed by atoms with Gasteiger partial charge in [-0.1, -0.05) is 24.3 Å². The lowest BCUT2D eigenvalue weighted by Crippen LogP contribution is -2.54. The van der Waals surface area contributed by atoms with Crippen molar-refractivity contribution in [1.82, 2.24) is 0 Å². The minimum Gasteiger partial charge on any atom is -0.469 e. The number of fused-ring (bicyclic) bond motifs is 2. The van der Waals surface area contributed by atoms with Crippen molar-refractivity contribution in [3.05, 3.63) is 53.8 Å². The van der Waals surface area contributed by atoms with Gasteiger partial charge in [0.15, 0.2) is 0 Å². The van der Waals surface area contributed by atoms with Gasteiger partial charge in [-0.2, -0.15) is 5.26 Å². The summed E-state index contributed by atoms with van der Waals surface area (Å²) in [6.07, 6.45) is 0.997. The van der Waals surface area contributed by atoms with E-state index >= 15 is 0 Å². The van der Waals surface area contributed by atoms with Crippen molar-refractivity contribution in [2.24, 2.45) is 5.92 Å². The predicted molar refractivity (Wildman–Crippen MR) is 104 cm³/mol. The molecule has 154 valence electrons. The fourth-order valence-corrected chi connectivity index (χ4v) is 3.97. The van der Waals surface area contributed by atoms with Crippen molar-refractivity contribution in [1.29, 1.82) is 10.7 Å². The number of nitriles is 1. The van der Waals surface area contributed by atoms with E-state index in [1.807, 2.05) is 6.07 Å². The SMILES string of the molecule is C=CCN1C(=O)C2(C(C(=O)OC)=C(CC(=O)OC)OC(=N)C2C#N)c2ccccc21. The number of para-hydroxylation sites is 1. The Kier molecular flexibility index (Phi) is 5.43. The molecule has 1 aromatic rings. The van der Waals surface area contributed by atoms with Crippen LogP contribution < -0.4 is 4.90 Å². The highest BCUT2D eigenvalue weighted by molar-refractivity contribution is 6.19. The maximum absolute atomic E-state index is 13.8. The summed E-state index contributed by atoms with van der Waals surface area (Å²) in [5.74, 6) is -4.54. The van der Waals surface area contributed by atoms with Crippen LogP contribution in [0.5, 0.6) is 0 Å². The summed E-state index contributed by atoms with van der Waals surface area (Å²) in [4.78, 5) is 40.0. The number of ether oxygens (including phenoxy) is 3. The summed E-state index contributed by atoms with van der Waals surface area (Å²) in [5.41, 5.74) is -1.38. The van der Waals surface area contributed by atoms with Gasteiger partial charge in [0.1, 0.15) is 23.5 Å². The van der Waals surface area contributed by atoms with Gasteiger partial charge in [0.05, 0.1) is 25.9 Å². The second kappa shape index (κ2) is 7.83. The molecule has 0 fully saturated rings. The Labute approximate surface area is 172 Å². The van der Waals surface area contributed by atoms with Crippen molar-refractivity contribution in [3.8, 4) is 6.07 Å². The second-order valence-electron chi connectivity index (χ2n) is 6.60. The van der Waals surface area contributed by atoms with Crippen molar-refractivity contribution in [3.63, 3.8) is 0 Å². The Morgan fingerprint density at radius 3 is 2.67 bits per heavy atom. The van der Waals surface area contributed by atoms with Crippen LogP contribution in [0.1, 0.15) is 12.0 Å². The molecular formula is C21H19N3O6. The molecule has 0 radical (unpaired) electrons. The van der Waals surface area contributed by atoms with Gasteiger partial charge in [-0.25, -0.2) is 4.79 Å². The Hall–Kier alpha value is -3.93. The highest BCUT2D eigenvalue weighted by Crippen LogP contribution is 2.54. The largest absolute Gasteiger partial charge is 0.469 e. The van der Waals surface area contributed by atoms with Gasteiger partial charge in [-0.05, 0) is 11.6 Å². The summed E-state index contributed by atoms with van der Waals surface area (Å²) in [6.45, 7) is 3.78. The van der Waals surface area contributed by atoms with Crippen molar-refractivity contribution in [2.45, 2.75) is 11.8 Å². The Morgan fingerprint density at radius 1 is 1.37 bits per heavy atom. The molecule has 1 N–H and O–H groups in total. The van der Waals surface area contributed by atoms with Crippen LogP contribution in [0.4, 0.5) is 5.69 Å². The standard InChI is InChI=1S/C21H19N3O6/c1-4-9-24-14-8-6-5-7-12(14)21(20(24)27)13(11-22)18(23)30-15(10-16(25)28-2)17(21)19(26)29-3/h4-8,13,23H,1,9-10H2,2-3H3. The third kappa shape index (κ3) is 2.76. The van der Waals surface area contributed by atoms with E-state index in [1.165, 1.54) is 11.0 Å². The van der Waals surface area contributed by atoms with Crippen molar-refractivity contribution < 1.29 is 28.6 Å². The highest BCUT2D eigenvalue weighted by atomic mass is 16.5. The Balaban J connectivity index is 2.43. The Morgan fingerprint density at radius 2 is 2.07 bits per heavy atom. The molecule has 1 spiro atoms. The highest BCUT2D eigenvalue weighted by Gasteiger charge is 2.65. The topological polar surface area (TPSA) is 130 Å². The molecule has 2 aliphatic heterocycles. The maximum atomic E-state index is 13.8. The molecule has 0 saturated carbocycles. The lowest BCUT2D eigenvalue weighted by atomic mass is 9.64. The van der Waals surface area contributed by atoms with Crippen LogP contribution >= 0.6 is 0 Å². The van der Waals surface area contributed by atoms with Crippen LogP contribution in [-0.4, -0.2) is 44.5 Å². The predicted octanol–water partition coefficient (Wildman–Crippen LogP) is 1.59. The molecule has 2 aliphatic rings. The number of nitrogens with one attached hydrogen (secondary N) is 1. The first kappa shape index (κ1) is 20.8. The van der Waals surface area contributed by atoms with Gasteiger partial charge < -0.3 is 19.1 Å². The lowest BCUT2D eigenvalue weighted by Gasteiger charge is -2.38. The van der Waals surface area contributed by atoms with Gasteiger partial charge in [0.25, 0.3) is 0 Å². The van der Waals surface area contributed by atoms with Crippen LogP contribution in [0.2, 0.25) is 0 Å². The summed E-state index contributed by atoms with van der Waals surface area (Å²) < 4.78 is 15.0. The van der Waals surface area contributed by atoms with E-state index in [4.69, 9.17) is 14.9 Å². The van der Waals surface area contributed by atoms with E-state index in [0.717, 1.165) is 14.2 Å². The van der Waals surface area contributed by atoms with Crippen LogP contribution in [0, 0.1) is 22.7 Å². The number of methoxy groups -OCH3 is 2. The molecule has 30 heavy (non-hydrogen) atoms. The zero-order chi connectivity index (χ0) is 22.1. The number of esters is 2. The number of hydrogen-bond acceptors (Lipinski definition) is 8. The number of anilines is 1. The van der Waals surface area contributed by atoms with E-state index < -0.39 is 41.5 Å². The first-order valence-electron chi connectivity index (χ1n) is 8.95. The van der Waals surface area contributed by atoms with Crippen molar-refractivity contribution in [2.75, 3.05) is 25.7 Å². The molecule has 0 aliphatic carbocycles. The normalized spacial score (nSPS) is 22.3. The zero-order valence-electron chi connectivity index (χ0n) is 16.4. The molecule has 3 rings (SSSR count). The van der Waals surface area contributed by atoms with Crippen LogP contribution in [0.3, 0.4) is 0 Å². The van der Waals surface area contributed by atoms with Crippen LogP contribution in [0.15, 0.2) is 48.3 Å². The fourth-order valence-electron chi connectivity index (χ4n) is 3.97. The second-order valence-corrected chi connectivity index (χ2v) is 6.60. The number of hydrogen-bond donors (Lipinski definition) is 1. The minimum absolute atomic E-state index is 0.116. The molecule has 2 atom stereocenters. The number of amides is 1. The number of nitrogens with zero attached hydrogens (tertiary/aromatic N) is 2. The van der Waals surface area contributed by atoms with Crippen molar-refractivity contribution >= 4 is 29.4 Å². The van der Waals surface area contributed by atoms with Crippen LogP contribution in [-0.2, 0) is 34.0 Å². The molecule has 0 aromatic heterocycles. The minimum atomic E-state index is -1.90. The molecule has 9 nitrogen and oxygen atoms in total. The van der Waals surface area contributed by atoms with Gasteiger partial charge in [0.2, 0.25) is 11.8 Å². The van der Waals surface area contributed by atoms with E-state index in [-0.39, 0.29) is 17.9 Å². The third-order valence-corrected chi connectivity index (χ3v) is 5.17. The lowest BCUT2D eigenvalue weighted by molar-refractivity contribution is -0.141. The molecule has 2 unspecified atom stereocenters.